The number of ether oxygens (including phenoxy) is 1. The van der Waals surface area contributed by atoms with Gasteiger partial charge in [0.05, 0.1) is 0 Å². The molecule has 108 valence electrons. The number of aliphatic imine (C=N–C) groups is 1. The lowest BCUT2D eigenvalue weighted by atomic mass is 10.2. The van der Waals surface area contributed by atoms with Gasteiger partial charge in [-0.1, -0.05) is 48.6 Å². The maximum Gasteiger partial charge on any atom is 0.363 e. The van der Waals surface area contributed by atoms with Crippen molar-refractivity contribution in [3.63, 3.8) is 0 Å². The quantitative estimate of drug-likeness (QED) is 0.440. The maximum atomic E-state index is 11.8. The number of carbonyl (C=O) groups is 1. The van der Waals surface area contributed by atoms with E-state index in [0.29, 0.717) is 11.6 Å². The summed E-state index contributed by atoms with van der Waals surface area (Å²) >= 11 is 2.21. The van der Waals surface area contributed by atoms with Crippen molar-refractivity contribution in [3.8, 4) is 0 Å². The molecule has 1 aliphatic rings. The molecular weight excluding hydrogens is 389 g/mol. The summed E-state index contributed by atoms with van der Waals surface area (Å²) in [6.45, 7) is 0. The lowest BCUT2D eigenvalue weighted by Crippen LogP contribution is -2.05. The monoisotopic (exact) mass is 401 g/mol. The summed E-state index contributed by atoms with van der Waals surface area (Å²) < 4.78 is 6.29. The number of esters is 1. The van der Waals surface area contributed by atoms with Gasteiger partial charge < -0.3 is 4.74 Å². The average molecular weight is 401 g/mol. The van der Waals surface area contributed by atoms with Gasteiger partial charge in [0.2, 0.25) is 5.90 Å². The molecule has 0 aliphatic carbocycles. The minimum Gasteiger partial charge on any atom is -0.402 e. The van der Waals surface area contributed by atoms with Gasteiger partial charge in [-0.2, -0.15) is 0 Å². The Bertz CT molecular complexity index is 792. The van der Waals surface area contributed by atoms with Gasteiger partial charge in [-0.15, -0.1) is 0 Å². The Morgan fingerprint density at radius 2 is 1.86 bits per heavy atom. The van der Waals surface area contributed by atoms with Crippen LogP contribution in [0.2, 0.25) is 0 Å². The number of halogens is 1. The minimum absolute atomic E-state index is 0.307. The molecule has 0 aromatic heterocycles. The molecule has 4 heteroatoms. The van der Waals surface area contributed by atoms with Crippen molar-refractivity contribution in [1.82, 2.24) is 0 Å². The van der Waals surface area contributed by atoms with Crippen LogP contribution in [0.4, 0.5) is 0 Å². The largest absolute Gasteiger partial charge is 0.402 e. The summed E-state index contributed by atoms with van der Waals surface area (Å²) in [4.78, 5) is 16.1. The molecule has 3 nitrogen and oxygen atoms in total. The molecular formula is C18H12INO2. The molecule has 2 aromatic carbocycles. The van der Waals surface area contributed by atoms with Crippen LogP contribution in [0, 0.1) is 3.57 Å². The molecule has 0 fully saturated rings. The van der Waals surface area contributed by atoms with Crippen molar-refractivity contribution in [2.75, 3.05) is 0 Å². The summed E-state index contributed by atoms with van der Waals surface area (Å²) in [6, 6.07) is 17.5. The van der Waals surface area contributed by atoms with Crippen LogP contribution in [0.1, 0.15) is 11.1 Å². The van der Waals surface area contributed by atoms with Gasteiger partial charge in [0.15, 0.2) is 5.70 Å². The molecule has 0 spiro atoms. The van der Waals surface area contributed by atoms with Crippen LogP contribution >= 0.6 is 22.6 Å². The van der Waals surface area contributed by atoms with Crippen LogP contribution < -0.4 is 0 Å². The third kappa shape index (κ3) is 3.51. The van der Waals surface area contributed by atoms with Crippen molar-refractivity contribution in [1.29, 1.82) is 0 Å². The molecule has 22 heavy (non-hydrogen) atoms. The highest BCUT2D eigenvalue weighted by Gasteiger charge is 2.23. The molecule has 0 bridgehead atoms. The molecule has 0 atom stereocenters. The SMILES string of the molecule is O=C1OC(c2cccc(I)c2)=N/C1=C/C=C/c1ccccc1. The van der Waals surface area contributed by atoms with Crippen LogP contribution in [0.3, 0.4) is 0 Å². The Kier molecular flexibility index (Phi) is 4.48. The minimum atomic E-state index is -0.424. The van der Waals surface area contributed by atoms with Crippen LogP contribution in [0.25, 0.3) is 6.08 Å². The third-order valence-corrected chi connectivity index (χ3v) is 3.71. The van der Waals surface area contributed by atoms with Crippen molar-refractivity contribution >= 4 is 40.5 Å². The Labute approximate surface area is 142 Å². The topological polar surface area (TPSA) is 38.7 Å². The van der Waals surface area contributed by atoms with Gasteiger partial charge in [0, 0.05) is 9.13 Å². The number of hydrogen-bond acceptors (Lipinski definition) is 3. The molecule has 0 saturated heterocycles. The zero-order valence-corrected chi connectivity index (χ0v) is 13.7. The van der Waals surface area contributed by atoms with Crippen molar-refractivity contribution in [2.45, 2.75) is 0 Å². The Hall–Kier alpha value is -2.21. The lowest BCUT2D eigenvalue weighted by molar-refractivity contribution is -0.130. The third-order valence-electron chi connectivity index (χ3n) is 3.03. The van der Waals surface area contributed by atoms with Crippen LogP contribution in [-0.2, 0) is 9.53 Å². The first-order valence-electron chi connectivity index (χ1n) is 6.72. The van der Waals surface area contributed by atoms with Gasteiger partial charge in [-0.05, 0) is 52.4 Å². The van der Waals surface area contributed by atoms with Crippen LogP contribution in [-0.4, -0.2) is 11.9 Å². The molecule has 1 heterocycles. The summed E-state index contributed by atoms with van der Waals surface area (Å²) in [7, 11) is 0. The lowest BCUT2D eigenvalue weighted by Gasteiger charge is -1.99. The first kappa shape index (κ1) is 14.7. The van der Waals surface area contributed by atoms with E-state index in [0.717, 1.165) is 14.7 Å². The zero-order valence-electron chi connectivity index (χ0n) is 11.6. The molecule has 0 saturated carbocycles. The fourth-order valence-corrected chi connectivity index (χ4v) is 2.53. The summed E-state index contributed by atoms with van der Waals surface area (Å²) in [6.07, 6.45) is 5.38. The maximum absolute atomic E-state index is 11.8. The van der Waals surface area contributed by atoms with E-state index in [1.807, 2.05) is 60.7 Å². The number of allylic oxidation sites excluding steroid dienone is 2. The second kappa shape index (κ2) is 6.70. The van der Waals surface area contributed by atoms with E-state index in [9.17, 15) is 4.79 Å². The first-order chi connectivity index (χ1) is 10.7. The Balaban J connectivity index is 1.81. The highest BCUT2D eigenvalue weighted by Crippen LogP contribution is 2.18. The van der Waals surface area contributed by atoms with E-state index < -0.39 is 5.97 Å². The van der Waals surface area contributed by atoms with Crippen molar-refractivity contribution in [3.05, 3.63) is 87.1 Å². The molecule has 2 aromatic rings. The average Bonchev–Trinajstić information content (AvgIpc) is 2.90. The number of cyclic esters (lactones) is 1. The molecule has 0 amide bonds. The number of nitrogens with zero attached hydrogens (tertiary/aromatic N) is 1. The highest BCUT2D eigenvalue weighted by atomic mass is 127. The smallest absolute Gasteiger partial charge is 0.363 e. The molecule has 0 unspecified atom stereocenters. The molecule has 3 rings (SSSR count). The van der Waals surface area contributed by atoms with Gasteiger partial charge >= 0.3 is 5.97 Å². The first-order valence-corrected chi connectivity index (χ1v) is 7.80. The predicted octanol–water partition coefficient (Wildman–Crippen LogP) is 4.19. The Morgan fingerprint density at radius 1 is 1.05 bits per heavy atom. The fraction of sp³-hybridized carbons (Fsp3) is 0. The predicted molar refractivity (Wildman–Crippen MR) is 95.3 cm³/mol. The summed E-state index contributed by atoms with van der Waals surface area (Å²) in [5, 5.41) is 0. The second-order valence-electron chi connectivity index (χ2n) is 4.64. The van der Waals surface area contributed by atoms with Gasteiger partial charge in [0.25, 0.3) is 0 Å². The fourth-order valence-electron chi connectivity index (χ4n) is 1.98. The number of carbonyl (C=O) groups excluding carboxylic acids is 1. The number of rotatable bonds is 3. The Morgan fingerprint density at radius 3 is 2.64 bits per heavy atom. The molecule has 0 N–H and O–H groups in total. The standard InChI is InChI=1S/C18H12INO2/c19-15-10-5-9-14(12-15)17-20-16(18(21)22-17)11-4-8-13-6-2-1-3-7-13/h1-12H/b8-4+,16-11+. The zero-order chi connectivity index (χ0) is 15.4. The second-order valence-corrected chi connectivity index (χ2v) is 5.88. The number of benzene rings is 2. The normalized spacial score (nSPS) is 16.1. The highest BCUT2D eigenvalue weighted by molar-refractivity contribution is 14.1. The summed E-state index contributed by atoms with van der Waals surface area (Å²) in [5.74, 6) is -0.0746. The van der Waals surface area contributed by atoms with Gasteiger partial charge in [0.1, 0.15) is 0 Å². The van der Waals surface area contributed by atoms with E-state index >= 15 is 0 Å². The van der Waals surface area contributed by atoms with Crippen LogP contribution in [0.5, 0.6) is 0 Å². The van der Waals surface area contributed by atoms with E-state index in [1.54, 1.807) is 12.2 Å². The summed E-state index contributed by atoms with van der Waals surface area (Å²) in [5.41, 5.74) is 2.17. The van der Waals surface area contributed by atoms with Gasteiger partial charge in [-0.3, -0.25) is 0 Å². The van der Waals surface area contributed by atoms with E-state index in [-0.39, 0.29) is 0 Å². The molecule has 1 aliphatic heterocycles. The van der Waals surface area contributed by atoms with Crippen LogP contribution in [0.15, 0.2) is 77.4 Å². The molecule has 0 radical (unpaired) electrons. The van der Waals surface area contributed by atoms with Crippen molar-refractivity contribution in [2.24, 2.45) is 4.99 Å². The van der Waals surface area contributed by atoms with Gasteiger partial charge in [-0.25, -0.2) is 9.79 Å². The number of hydrogen-bond donors (Lipinski definition) is 0. The van der Waals surface area contributed by atoms with Crippen molar-refractivity contribution < 1.29 is 9.53 Å². The van der Waals surface area contributed by atoms with E-state index in [2.05, 4.69) is 27.6 Å². The van der Waals surface area contributed by atoms with E-state index in [1.165, 1.54) is 0 Å². The van der Waals surface area contributed by atoms with E-state index in [4.69, 9.17) is 4.74 Å².